The molecule has 1 atom stereocenters. The number of fused-ring (bicyclic) bond motifs is 1. The van der Waals surface area contributed by atoms with Crippen LogP contribution in [0.5, 0.6) is 5.75 Å². The molecule has 0 spiro atoms. The van der Waals surface area contributed by atoms with Gasteiger partial charge in [0.25, 0.3) is 0 Å². The lowest BCUT2D eigenvalue weighted by atomic mass is 10.1. The van der Waals surface area contributed by atoms with Crippen molar-refractivity contribution in [3.05, 3.63) is 29.3 Å². The molecule has 0 saturated heterocycles. The van der Waals surface area contributed by atoms with E-state index in [1.54, 1.807) is 0 Å². The van der Waals surface area contributed by atoms with Crippen LogP contribution >= 0.6 is 0 Å². The van der Waals surface area contributed by atoms with E-state index in [0.717, 1.165) is 12.8 Å². The van der Waals surface area contributed by atoms with Crippen molar-refractivity contribution in [2.24, 2.45) is 5.92 Å². The van der Waals surface area contributed by atoms with Crippen LogP contribution in [-0.2, 0) is 17.6 Å². The molecule has 1 aromatic rings. The highest BCUT2D eigenvalue weighted by Gasteiger charge is 2.21. The number of ether oxygens (including phenoxy) is 2. The molecule has 1 aliphatic carbocycles. The molecule has 0 radical (unpaired) electrons. The Hall–Kier alpha value is -1.51. The molecule has 1 unspecified atom stereocenters. The van der Waals surface area contributed by atoms with Crippen molar-refractivity contribution >= 4 is 6.16 Å². The Bertz CT molecular complexity index is 457. The number of rotatable bonds is 1. The summed E-state index contributed by atoms with van der Waals surface area (Å²) in [6.45, 7) is 7.68. The summed E-state index contributed by atoms with van der Waals surface area (Å²) < 4.78 is 10.3. The summed E-state index contributed by atoms with van der Waals surface area (Å²) in [6.07, 6.45) is 1.52. The first-order chi connectivity index (χ1) is 8.33. The van der Waals surface area contributed by atoms with Crippen molar-refractivity contribution < 1.29 is 14.3 Å². The van der Waals surface area contributed by atoms with Crippen LogP contribution in [0.1, 0.15) is 38.8 Å². The van der Waals surface area contributed by atoms with E-state index < -0.39 is 11.8 Å². The second kappa shape index (κ2) is 4.63. The number of benzene rings is 1. The van der Waals surface area contributed by atoms with Gasteiger partial charge in [-0.05, 0) is 62.8 Å². The van der Waals surface area contributed by atoms with E-state index in [9.17, 15) is 4.79 Å². The largest absolute Gasteiger partial charge is 0.514 e. The fourth-order valence-electron chi connectivity index (χ4n) is 2.24. The van der Waals surface area contributed by atoms with Gasteiger partial charge >= 0.3 is 6.16 Å². The number of hydrogen-bond donors (Lipinski definition) is 0. The van der Waals surface area contributed by atoms with Crippen LogP contribution in [0.2, 0.25) is 0 Å². The minimum absolute atomic E-state index is 0.525. The summed E-state index contributed by atoms with van der Waals surface area (Å²) in [6, 6.07) is 5.82. The van der Waals surface area contributed by atoms with Crippen LogP contribution in [-0.4, -0.2) is 11.8 Å². The molecule has 0 saturated carbocycles. The molecule has 0 aliphatic heterocycles. The van der Waals surface area contributed by atoms with Gasteiger partial charge in [0.15, 0.2) is 0 Å². The first kappa shape index (κ1) is 12.9. The van der Waals surface area contributed by atoms with Gasteiger partial charge in [-0.25, -0.2) is 4.79 Å². The molecule has 3 heteroatoms. The number of carbonyl (C=O) groups is 1. The Labute approximate surface area is 108 Å². The van der Waals surface area contributed by atoms with Crippen LogP contribution in [0.15, 0.2) is 18.2 Å². The van der Waals surface area contributed by atoms with E-state index in [2.05, 4.69) is 6.92 Å². The lowest BCUT2D eigenvalue weighted by Crippen LogP contribution is -2.26. The smallest absolute Gasteiger partial charge is 0.428 e. The molecule has 0 N–H and O–H groups in total. The number of carbonyl (C=O) groups excluding carboxylic acids is 1. The zero-order valence-electron chi connectivity index (χ0n) is 11.4. The van der Waals surface area contributed by atoms with Gasteiger partial charge in [-0.3, -0.25) is 0 Å². The van der Waals surface area contributed by atoms with E-state index in [4.69, 9.17) is 9.47 Å². The zero-order valence-corrected chi connectivity index (χ0v) is 11.4. The predicted molar refractivity (Wildman–Crippen MR) is 69.9 cm³/mol. The maximum atomic E-state index is 11.5. The van der Waals surface area contributed by atoms with E-state index in [-0.39, 0.29) is 0 Å². The molecular formula is C15H20O3. The van der Waals surface area contributed by atoms with Crippen molar-refractivity contribution in [2.45, 2.75) is 46.1 Å². The molecular weight excluding hydrogens is 228 g/mol. The zero-order chi connectivity index (χ0) is 13.3. The fraction of sp³-hybridized carbons (Fsp3) is 0.533. The van der Waals surface area contributed by atoms with Crippen molar-refractivity contribution in [3.8, 4) is 5.75 Å². The van der Waals surface area contributed by atoms with Crippen molar-refractivity contribution in [1.29, 1.82) is 0 Å². The molecule has 2 rings (SSSR count). The highest BCUT2D eigenvalue weighted by Crippen LogP contribution is 2.29. The highest BCUT2D eigenvalue weighted by atomic mass is 16.7. The Morgan fingerprint density at radius 2 is 1.89 bits per heavy atom. The first-order valence-electron chi connectivity index (χ1n) is 6.36. The van der Waals surface area contributed by atoms with Gasteiger partial charge in [-0.2, -0.15) is 0 Å². The van der Waals surface area contributed by atoms with Gasteiger partial charge < -0.3 is 9.47 Å². The maximum absolute atomic E-state index is 11.5. The monoisotopic (exact) mass is 248 g/mol. The van der Waals surface area contributed by atoms with E-state index >= 15 is 0 Å². The van der Waals surface area contributed by atoms with Gasteiger partial charge in [0, 0.05) is 0 Å². The highest BCUT2D eigenvalue weighted by molar-refractivity contribution is 5.64. The summed E-state index contributed by atoms with van der Waals surface area (Å²) >= 11 is 0. The molecule has 0 fully saturated rings. The average molecular weight is 248 g/mol. The van der Waals surface area contributed by atoms with E-state index in [1.807, 2.05) is 39.0 Å². The lowest BCUT2D eigenvalue weighted by Gasteiger charge is -2.18. The lowest BCUT2D eigenvalue weighted by molar-refractivity contribution is 0.0206. The second-order valence-electron chi connectivity index (χ2n) is 6.01. The summed E-state index contributed by atoms with van der Waals surface area (Å²) in [5.41, 5.74) is 2.12. The molecule has 0 bridgehead atoms. The third-order valence-electron chi connectivity index (χ3n) is 2.91. The minimum atomic E-state index is -0.645. The van der Waals surface area contributed by atoms with Gasteiger partial charge in [-0.1, -0.05) is 13.0 Å². The third-order valence-corrected chi connectivity index (χ3v) is 2.91. The normalized spacial score (nSPS) is 18.3. The maximum Gasteiger partial charge on any atom is 0.514 e. The predicted octanol–water partition coefficient (Wildman–Crippen LogP) is 3.74. The molecule has 1 aromatic carbocycles. The van der Waals surface area contributed by atoms with Crippen molar-refractivity contribution in [2.75, 3.05) is 0 Å². The molecule has 0 heterocycles. The Morgan fingerprint density at radius 1 is 1.22 bits per heavy atom. The number of hydrogen-bond acceptors (Lipinski definition) is 3. The van der Waals surface area contributed by atoms with Gasteiger partial charge in [0.05, 0.1) is 0 Å². The summed E-state index contributed by atoms with van der Waals surface area (Å²) in [7, 11) is 0. The van der Waals surface area contributed by atoms with Crippen LogP contribution < -0.4 is 4.74 Å². The standard InChI is InChI=1S/C15H20O3/c1-10-7-11-5-6-13(9-12(11)8-10)17-14(16)18-15(2,3)4/h5-6,9-10H,7-8H2,1-4H3. The topological polar surface area (TPSA) is 35.5 Å². The average Bonchev–Trinajstić information content (AvgIpc) is 2.53. The SMILES string of the molecule is CC1Cc2ccc(OC(=O)OC(C)(C)C)cc2C1. The third kappa shape index (κ3) is 3.25. The van der Waals surface area contributed by atoms with Crippen molar-refractivity contribution in [3.63, 3.8) is 0 Å². The summed E-state index contributed by atoms with van der Waals surface area (Å²) in [5.74, 6) is 1.24. The fourth-order valence-corrected chi connectivity index (χ4v) is 2.24. The van der Waals surface area contributed by atoms with Crippen LogP contribution in [0.25, 0.3) is 0 Å². The second-order valence-corrected chi connectivity index (χ2v) is 6.01. The van der Waals surface area contributed by atoms with Crippen LogP contribution in [0.3, 0.4) is 0 Å². The molecule has 3 nitrogen and oxygen atoms in total. The molecule has 0 aromatic heterocycles. The molecule has 0 amide bonds. The van der Waals surface area contributed by atoms with Crippen LogP contribution in [0, 0.1) is 5.92 Å². The summed E-state index contributed by atoms with van der Waals surface area (Å²) in [5, 5.41) is 0. The molecule has 18 heavy (non-hydrogen) atoms. The van der Waals surface area contributed by atoms with E-state index in [1.165, 1.54) is 11.1 Å². The Balaban J connectivity index is 2.03. The Morgan fingerprint density at radius 3 is 2.56 bits per heavy atom. The molecule has 1 aliphatic rings. The van der Waals surface area contributed by atoms with E-state index in [0.29, 0.717) is 11.7 Å². The quantitative estimate of drug-likeness (QED) is 0.561. The van der Waals surface area contributed by atoms with Crippen molar-refractivity contribution in [1.82, 2.24) is 0 Å². The van der Waals surface area contributed by atoms with Gasteiger partial charge in [0.1, 0.15) is 11.4 Å². The minimum Gasteiger partial charge on any atom is -0.428 e. The van der Waals surface area contributed by atoms with Gasteiger partial charge in [0.2, 0.25) is 0 Å². The molecule has 98 valence electrons. The first-order valence-corrected chi connectivity index (χ1v) is 6.36. The summed E-state index contributed by atoms with van der Waals surface area (Å²) in [4.78, 5) is 11.5. The Kier molecular flexibility index (Phi) is 3.33. The van der Waals surface area contributed by atoms with Crippen LogP contribution in [0.4, 0.5) is 4.79 Å². The van der Waals surface area contributed by atoms with Gasteiger partial charge in [-0.15, -0.1) is 0 Å².